The van der Waals surface area contributed by atoms with Gasteiger partial charge in [-0.05, 0) is 77.0 Å². The zero-order valence-corrected chi connectivity index (χ0v) is 49.8. The second-order valence-electron chi connectivity index (χ2n) is 20.6. The van der Waals surface area contributed by atoms with Gasteiger partial charge in [0.1, 0.15) is 26.2 Å². The Morgan fingerprint density at radius 1 is 0.217 bits per heavy atom. The molecule has 0 aliphatic rings. The van der Waals surface area contributed by atoms with Crippen LogP contribution >= 0.6 is 0 Å². The Balaban J connectivity index is -0.000000255. The van der Waals surface area contributed by atoms with E-state index in [1.807, 2.05) is 0 Å². The predicted octanol–water partition coefficient (Wildman–Crippen LogP) is 7.65. The lowest BCUT2D eigenvalue weighted by Crippen LogP contribution is -2.82. The first kappa shape index (κ1) is 77.6. The van der Waals surface area contributed by atoms with E-state index in [1.165, 1.54) is 233 Å². The zero-order chi connectivity index (χ0) is 53.6. The summed E-state index contributed by atoms with van der Waals surface area (Å²) in [4.78, 5) is 34.3. The number of unbranched alkanes of at least 4 members (excludes halogenated alkanes) is 12. The molecule has 0 saturated carbocycles. The van der Waals surface area contributed by atoms with Crippen molar-refractivity contribution in [3.05, 3.63) is 0 Å². The maximum absolute atomic E-state index is 9.28. The van der Waals surface area contributed by atoms with Gasteiger partial charge in [0.05, 0.1) is 105 Å². The molecule has 0 aromatic carbocycles. The number of aliphatic hydroxyl groups is 4. The maximum atomic E-state index is 9.28. The number of hydrogen-bond acceptors (Lipinski definition) is 8. The summed E-state index contributed by atoms with van der Waals surface area (Å²) in [6.07, 6.45) is 30.8. The minimum absolute atomic E-state index is 0.344. The minimum atomic E-state index is -5.61. The van der Waals surface area contributed by atoms with Gasteiger partial charge in [0, 0.05) is 0 Å². The van der Waals surface area contributed by atoms with Crippen LogP contribution in [0.1, 0.15) is 237 Å². The predicted molar refractivity (Wildman–Crippen MR) is 292 cm³/mol. The zero-order valence-electron chi connectivity index (χ0n) is 48.8. The van der Waals surface area contributed by atoms with E-state index < -0.39 is 9.05 Å². The highest BCUT2D eigenvalue weighted by atomic mass is 28.4. The highest BCUT2D eigenvalue weighted by Crippen LogP contribution is 2.18. The van der Waals surface area contributed by atoms with Crippen LogP contribution in [0.3, 0.4) is 0 Å². The molecule has 0 saturated heterocycles. The third-order valence-electron chi connectivity index (χ3n) is 14.1. The summed E-state index contributed by atoms with van der Waals surface area (Å²) in [6.45, 7) is 47.4. The standard InChI is InChI=1S/4C14H32NO.O4Si/c4*1-4-7-10-15(13-14-16,11-8-5-2)12-9-6-3;1-5(2,3)4/h4*16H,4-14H2,1-3H3;/q4*+1;-4. The molecule has 0 atom stereocenters. The molecular weight excluding hydrogens is 885 g/mol. The van der Waals surface area contributed by atoms with Gasteiger partial charge < -0.3 is 66.6 Å². The van der Waals surface area contributed by atoms with Crippen molar-refractivity contribution in [3.8, 4) is 0 Å². The minimum Gasteiger partial charge on any atom is -0.894 e. The molecule has 0 aromatic rings. The number of hydrogen-bond donors (Lipinski definition) is 4. The van der Waals surface area contributed by atoms with Gasteiger partial charge in [-0.2, -0.15) is 0 Å². The van der Waals surface area contributed by atoms with Crippen molar-refractivity contribution in [1.82, 2.24) is 0 Å². The normalized spacial score (nSPS) is 12.0. The average molecular weight is 1010 g/mol. The van der Waals surface area contributed by atoms with Gasteiger partial charge >= 0.3 is 0 Å². The number of nitrogens with zero attached hydrogens (tertiary/aromatic N) is 4. The fraction of sp³-hybridized carbons (Fsp3) is 1.00. The monoisotopic (exact) mass is 1010 g/mol. The molecule has 424 valence electrons. The van der Waals surface area contributed by atoms with Crippen molar-refractivity contribution in [2.75, 3.05) is 131 Å². The van der Waals surface area contributed by atoms with E-state index in [9.17, 15) is 20.4 Å². The Bertz CT molecular complexity index is 737. The molecule has 0 aliphatic carbocycles. The van der Waals surface area contributed by atoms with Crippen LogP contribution in [0, 0.1) is 0 Å². The fourth-order valence-electron chi connectivity index (χ4n) is 9.45. The number of quaternary nitrogens is 4. The van der Waals surface area contributed by atoms with Crippen LogP contribution in [0.4, 0.5) is 0 Å². The first-order chi connectivity index (χ1) is 33.0. The topological polar surface area (TPSA) is 173 Å². The summed E-state index contributed by atoms with van der Waals surface area (Å²) in [5.41, 5.74) is 0. The van der Waals surface area contributed by atoms with Gasteiger partial charge in [0.15, 0.2) is 0 Å². The third kappa shape index (κ3) is 51.0. The molecule has 0 bridgehead atoms. The summed E-state index contributed by atoms with van der Waals surface area (Å²) < 4.78 is 4.64. The van der Waals surface area contributed by atoms with Crippen molar-refractivity contribution < 1.29 is 57.5 Å². The molecule has 0 aromatic heterocycles. The lowest BCUT2D eigenvalue weighted by Gasteiger charge is -2.67. The van der Waals surface area contributed by atoms with Gasteiger partial charge in [0.2, 0.25) is 0 Å². The van der Waals surface area contributed by atoms with E-state index in [1.54, 1.807) is 0 Å². The molecule has 0 unspecified atom stereocenters. The van der Waals surface area contributed by atoms with Crippen LogP contribution in [0.25, 0.3) is 0 Å². The van der Waals surface area contributed by atoms with Crippen molar-refractivity contribution >= 4 is 9.05 Å². The molecule has 0 amide bonds. The fourth-order valence-corrected chi connectivity index (χ4v) is 9.45. The van der Waals surface area contributed by atoms with Crippen LogP contribution < -0.4 is 19.2 Å². The Morgan fingerprint density at radius 2 is 0.304 bits per heavy atom. The first-order valence-corrected chi connectivity index (χ1v) is 31.3. The van der Waals surface area contributed by atoms with E-state index in [2.05, 4.69) is 83.1 Å². The number of rotatable bonds is 44. The van der Waals surface area contributed by atoms with Crippen LogP contribution in [-0.2, 0) is 0 Å². The quantitative estimate of drug-likeness (QED) is 0.0356. The van der Waals surface area contributed by atoms with E-state index in [4.69, 9.17) is 19.2 Å². The second kappa shape index (κ2) is 55.5. The second-order valence-corrected chi connectivity index (χ2v) is 21.6. The molecule has 69 heavy (non-hydrogen) atoms. The first-order valence-electron chi connectivity index (χ1n) is 29.6. The molecule has 0 radical (unpaired) electrons. The van der Waals surface area contributed by atoms with Crippen LogP contribution in [0.15, 0.2) is 0 Å². The lowest BCUT2D eigenvalue weighted by atomic mass is 10.1. The van der Waals surface area contributed by atoms with E-state index >= 15 is 0 Å². The smallest absolute Gasteiger partial charge is 0.102 e. The summed E-state index contributed by atoms with van der Waals surface area (Å²) in [5.74, 6) is 0. The molecule has 13 heteroatoms. The van der Waals surface area contributed by atoms with Crippen molar-refractivity contribution in [1.29, 1.82) is 0 Å². The SMILES string of the molecule is CCCC[N+](CCO)(CCCC)CCCC.CCCC[N+](CCO)(CCCC)CCCC.CCCC[N+](CCO)(CCCC)CCCC.CCCC[N+](CCO)(CCCC)CCCC.[O-][Si]([O-])([O-])[O-]. The average Bonchev–Trinajstić information content (AvgIpc) is 3.33. The molecule has 12 nitrogen and oxygen atoms in total. The van der Waals surface area contributed by atoms with Gasteiger partial charge in [-0.3, -0.25) is 0 Å². The molecule has 0 aliphatic heterocycles. The van der Waals surface area contributed by atoms with Gasteiger partial charge in [0.25, 0.3) is 0 Å². The molecule has 0 fully saturated rings. The van der Waals surface area contributed by atoms with Gasteiger partial charge in [-0.25, -0.2) is 0 Å². The van der Waals surface area contributed by atoms with Crippen LogP contribution in [0.5, 0.6) is 0 Å². The molecule has 0 heterocycles. The van der Waals surface area contributed by atoms with Crippen LogP contribution in [0.2, 0.25) is 0 Å². The largest absolute Gasteiger partial charge is 0.894 e. The summed E-state index contributed by atoms with van der Waals surface area (Å²) in [5, 5.41) is 37.1. The highest BCUT2D eigenvalue weighted by molar-refractivity contribution is 6.38. The van der Waals surface area contributed by atoms with E-state index in [0.717, 1.165) is 44.1 Å². The molecule has 4 N–H and O–H groups in total. The van der Waals surface area contributed by atoms with Gasteiger partial charge in [-0.1, -0.05) is 160 Å². The van der Waals surface area contributed by atoms with Crippen molar-refractivity contribution in [3.63, 3.8) is 0 Å². The summed E-state index contributed by atoms with van der Waals surface area (Å²) in [7, 11) is -5.61. The molecule has 0 spiro atoms. The van der Waals surface area contributed by atoms with Crippen molar-refractivity contribution in [2.24, 2.45) is 0 Å². The molecular formula is C56H128N4O8Si. The van der Waals surface area contributed by atoms with Crippen molar-refractivity contribution in [2.45, 2.75) is 237 Å². The third-order valence-corrected chi connectivity index (χ3v) is 14.1. The molecule has 0 rings (SSSR count). The van der Waals surface area contributed by atoms with Gasteiger partial charge in [-0.15, -0.1) is 0 Å². The van der Waals surface area contributed by atoms with E-state index in [0.29, 0.717) is 26.4 Å². The Hall–Kier alpha value is -0.263. The Morgan fingerprint density at radius 3 is 0.362 bits per heavy atom. The van der Waals surface area contributed by atoms with Crippen LogP contribution in [-0.4, -0.2) is 179 Å². The Kier molecular flexibility index (Phi) is 62.4. The maximum Gasteiger partial charge on any atom is 0.102 e. The lowest BCUT2D eigenvalue weighted by molar-refractivity contribution is -0.929. The number of aliphatic hydroxyl groups excluding tert-OH is 4. The summed E-state index contributed by atoms with van der Waals surface area (Å²) >= 11 is 0. The Labute approximate surface area is 433 Å². The highest BCUT2D eigenvalue weighted by Gasteiger charge is 2.28. The van der Waals surface area contributed by atoms with E-state index in [-0.39, 0.29) is 0 Å². The summed E-state index contributed by atoms with van der Waals surface area (Å²) in [6, 6.07) is 0.